The maximum Gasteiger partial charge on any atom is 0.119 e. The van der Waals surface area contributed by atoms with Gasteiger partial charge in [-0.3, -0.25) is 0 Å². The first-order valence-electron chi connectivity index (χ1n) is 11.6. The van der Waals surface area contributed by atoms with Gasteiger partial charge in [-0.15, -0.1) is 0 Å². The van der Waals surface area contributed by atoms with E-state index in [4.69, 9.17) is 31.5 Å². The lowest BCUT2D eigenvalue weighted by Gasteiger charge is -2.13. The van der Waals surface area contributed by atoms with Crippen LogP contribution in [-0.2, 0) is 0 Å². The summed E-state index contributed by atoms with van der Waals surface area (Å²) < 4.78 is 11.4. The molecule has 2 unspecified atom stereocenters. The van der Waals surface area contributed by atoms with E-state index < -0.39 is 0 Å². The van der Waals surface area contributed by atoms with Crippen molar-refractivity contribution in [2.75, 3.05) is 24.7 Å². The van der Waals surface area contributed by atoms with Gasteiger partial charge in [-0.1, -0.05) is 21.6 Å². The molecule has 0 aliphatic heterocycles. The van der Waals surface area contributed by atoms with Crippen molar-refractivity contribution in [2.45, 2.75) is 50.6 Å². The maximum atomic E-state index is 8.81. The fraction of sp³-hybridized carbons (Fsp3) is 0.462. The Balaban J connectivity index is 1.40. The number of nitrogens with zero attached hydrogens (tertiary/aromatic N) is 2. The fourth-order valence-corrected chi connectivity index (χ4v) is 5.59. The summed E-state index contributed by atoms with van der Waals surface area (Å²) in [6.07, 6.45) is 5.96. The Morgan fingerprint density at radius 3 is 1.38 bits per heavy atom. The number of hydrogen-bond donors (Lipinski definition) is 2. The van der Waals surface area contributed by atoms with Crippen molar-refractivity contribution in [1.82, 2.24) is 0 Å². The molecule has 2 atom stereocenters. The van der Waals surface area contributed by atoms with Crippen LogP contribution in [0.25, 0.3) is 0 Å². The first-order chi connectivity index (χ1) is 16.6. The van der Waals surface area contributed by atoms with E-state index in [0.717, 1.165) is 61.5 Å². The molecule has 0 fully saturated rings. The van der Waals surface area contributed by atoms with Gasteiger partial charge in [-0.05, 0) is 87.1 Å². The Morgan fingerprint density at radius 2 is 1.03 bits per heavy atom. The molecule has 0 aliphatic carbocycles. The maximum absolute atomic E-state index is 8.81. The van der Waals surface area contributed by atoms with Gasteiger partial charge in [-0.2, -0.15) is 10.5 Å². The number of ether oxygens (including phenoxy) is 2. The van der Waals surface area contributed by atoms with Gasteiger partial charge < -0.3 is 20.9 Å². The van der Waals surface area contributed by atoms with Crippen LogP contribution < -0.4 is 20.9 Å². The molecule has 8 heteroatoms. The monoisotopic (exact) mass is 498 g/mol. The van der Waals surface area contributed by atoms with Gasteiger partial charge in [0.1, 0.15) is 11.5 Å². The molecule has 0 amide bonds. The second-order valence-corrected chi connectivity index (χ2v) is 10.6. The van der Waals surface area contributed by atoms with E-state index in [9.17, 15) is 0 Å². The highest BCUT2D eigenvalue weighted by atomic mass is 33.1. The van der Waals surface area contributed by atoms with Crippen LogP contribution in [0.5, 0.6) is 11.5 Å². The van der Waals surface area contributed by atoms with Crippen molar-refractivity contribution in [3.05, 3.63) is 59.7 Å². The molecule has 4 N–H and O–H groups in total. The number of benzene rings is 2. The average Bonchev–Trinajstić information content (AvgIpc) is 2.87. The minimum atomic E-state index is 0.183. The third kappa shape index (κ3) is 12.2. The average molecular weight is 499 g/mol. The molecule has 34 heavy (non-hydrogen) atoms. The van der Waals surface area contributed by atoms with Gasteiger partial charge in [0.05, 0.1) is 36.5 Å². The van der Waals surface area contributed by atoms with Gasteiger partial charge in [-0.25, -0.2) is 0 Å². The van der Waals surface area contributed by atoms with E-state index in [1.165, 1.54) is 0 Å². The lowest BCUT2D eigenvalue weighted by atomic mass is 10.1. The van der Waals surface area contributed by atoms with E-state index in [1.807, 2.05) is 24.3 Å². The molecule has 2 aromatic rings. The molecular formula is C26H34N4O2S2. The van der Waals surface area contributed by atoms with E-state index in [-0.39, 0.29) is 12.1 Å². The molecular weight excluding hydrogens is 464 g/mol. The summed E-state index contributed by atoms with van der Waals surface area (Å²) in [7, 11) is 3.61. The molecule has 6 nitrogen and oxygen atoms in total. The highest BCUT2D eigenvalue weighted by Crippen LogP contribution is 2.24. The lowest BCUT2D eigenvalue weighted by molar-refractivity contribution is 0.303. The van der Waals surface area contributed by atoms with Crippen LogP contribution >= 0.6 is 21.6 Å². The normalized spacial score (nSPS) is 12.4. The lowest BCUT2D eigenvalue weighted by Crippen LogP contribution is -2.24. The summed E-state index contributed by atoms with van der Waals surface area (Å²) in [5.41, 5.74) is 13.7. The highest BCUT2D eigenvalue weighted by Gasteiger charge is 2.07. The summed E-state index contributed by atoms with van der Waals surface area (Å²) in [5.74, 6) is 3.44. The molecule has 0 bridgehead atoms. The van der Waals surface area contributed by atoms with Crippen molar-refractivity contribution in [3.8, 4) is 23.6 Å². The summed E-state index contributed by atoms with van der Waals surface area (Å²) in [4.78, 5) is 0. The molecule has 2 rings (SSSR count). The number of nitriles is 2. The topological polar surface area (TPSA) is 118 Å². The molecule has 0 saturated heterocycles. The van der Waals surface area contributed by atoms with Gasteiger partial charge in [0.25, 0.3) is 0 Å². The Kier molecular flexibility index (Phi) is 14.0. The molecule has 182 valence electrons. The molecule has 0 heterocycles. The van der Waals surface area contributed by atoms with Crippen LogP contribution in [-0.4, -0.2) is 36.8 Å². The smallest absolute Gasteiger partial charge is 0.119 e. The van der Waals surface area contributed by atoms with Crippen LogP contribution in [0.2, 0.25) is 0 Å². The van der Waals surface area contributed by atoms with Crippen LogP contribution in [0.4, 0.5) is 0 Å². The molecule has 0 saturated carbocycles. The number of hydrogen-bond acceptors (Lipinski definition) is 8. The Bertz CT molecular complexity index is 820. The summed E-state index contributed by atoms with van der Waals surface area (Å²) in [6.45, 7) is 1.32. The quantitative estimate of drug-likeness (QED) is 0.224. The zero-order chi connectivity index (χ0) is 24.4. The van der Waals surface area contributed by atoms with E-state index in [0.29, 0.717) is 24.3 Å². The minimum absolute atomic E-state index is 0.183. The van der Waals surface area contributed by atoms with Crippen molar-refractivity contribution in [3.63, 3.8) is 0 Å². The van der Waals surface area contributed by atoms with Gasteiger partial charge in [0.15, 0.2) is 0 Å². The van der Waals surface area contributed by atoms with Gasteiger partial charge in [0.2, 0.25) is 0 Å². The number of unbranched alkanes of at least 4 members (excludes halogenated alkanes) is 2. The van der Waals surface area contributed by atoms with Gasteiger partial charge >= 0.3 is 0 Å². The third-order valence-electron chi connectivity index (χ3n) is 5.09. The van der Waals surface area contributed by atoms with Crippen molar-refractivity contribution < 1.29 is 9.47 Å². The predicted octanol–water partition coefficient (Wildman–Crippen LogP) is 5.26. The summed E-state index contributed by atoms with van der Waals surface area (Å²) >= 11 is 0. The molecule has 2 aromatic carbocycles. The minimum Gasteiger partial charge on any atom is -0.494 e. The molecule has 0 spiro atoms. The Labute approximate surface area is 211 Å². The zero-order valence-corrected chi connectivity index (χ0v) is 21.2. The number of rotatable bonds is 17. The van der Waals surface area contributed by atoms with E-state index >= 15 is 0 Å². The molecule has 0 aromatic heterocycles. The third-order valence-corrected chi connectivity index (χ3v) is 7.70. The Hall–Kier alpha value is -2.36. The van der Waals surface area contributed by atoms with Crippen LogP contribution in [0.15, 0.2) is 48.5 Å². The summed E-state index contributed by atoms with van der Waals surface area (Å²) in [5, 5.41) is 17.6. The second-order valence-electron chi connectivity index (χ2n) is 8.05. The van der Waals surface area contributed by atoms with E-state index in [1.54, 1.807) is 45.9 Å². The van der Waals surface area contributed by atoms with Crippen molar-refractivity contribution in [2.24, 2.45) is 11.5 Å². The van der Waals surface area contributed by atoms with E-state index in [2.05, 4.69) is 12.1 Å². The standard InChI is InChI=1S/C26H34N4O2S2/c27-17-21-7-11-25(12-8-21)31-15-3-1-5-23(29)19-33-34-20-24(30)6-2-4-16-32-26-13-9-22(18-28)10-14-26/h7-14,23-24H,1-6,15-16,19-20,29-30H2. The van der Waals surface area contributed by atoms with Crippen LogP contribution in [0, 0.1) is 22.7 Å². The first-order valence-corrected chi connectivity index (χ1v) is 14.1. The fourth-order valence-electron chi connectivity index (χ4n) is 3.09. The van der Waals surface area contributed by atoms with Gasteiger partial charge in [0, 0.05) is 23.6 Å². The highest BCUT2D eigenvalue weighted by molar-refractivity contribution is 8.76. The van der Waals surface area contributed by atoms with Crippen molar-refractivity contribution in [1.29, 1.82) is 10.5 Å². The summed E-state index contributed by atoms with van der Waals surface area (Å²) in [6, 6.07) is 18.9. The van der Waals surface area contributed by atoms with Crippen molar-refractivity contribution >= 4 is 21.6 Å². The number of nitrogens with two attached hydrogens (primary N) is 2. The molecule has 0 radical (unpaired) electrons. The first kappa shape index (κ1) is 27.9. The SMILES string of the molecule is N#Cc1ccc(OCCCCC(N)CSSCC(N)CCCCOc2ccc(C#N)cc2)cc1. The van der Waals surface area contributed by atoms with Crippen LogP contribution in [0.1, 0.15) is 49.7 Å². The van der Waals surface area contributed by atoms with Crippen LogP contribution in [0.3, 0.4) is 0 Å². The predicted molar refractivity (Wildman–Crippen MR) is 142 cm³/mol. The zero-order valence-electron chi connectivity index (χ0n) is 19.5. The largest absolute Gasteiger partial charge is 0.494 e. The second kappa shape index (κ2) is 17.1. The Morgan fingerprint density at radius 1 is 0.647 bits per heavy atom. The molecule has 0 aliphatic rings.